The van der Waals surface area contributed by atoms with Crippen LogP contribution in [-0.2, 0) is 0 Å². The first-order chi connectivity index (χ1) is 18.4. The van der Waals surface area contributed by atoms with Gasteiger partial charge in [0.15, 0.2) is 17.2 Å². The lowest BCUT2D eigenvalue weighted by Gasteiger charge is -2.12. The lowest BCUT2D eigenvalue weighted by Crippen LogP contribution is -2.19. The summed E-state index contributed by atoms with van der Waals surface area (Å²) in [6.45, 7) is 1.40. The summed E-state index contributed by atoms with van der Waals surface area (Å²) in [6, 6.07) is 15.2. The van der Waals surface area contributed by atoms with Crippen LogP contribution in [0.15, 0.2) is 53.7 Å². The molecule has 0 fully saturated rings. The largest absolute Gasteiger partial charge is 0.496 e. The fourth-order valence-electron chi connectivity index (χ4n) is 4.50. The van der Waals surface area contributed by atoms with E-state index in [1.54, 1.807) is 46.6 Å². The zero-order valence-corrected chi connectivity index (χ0v) is 22.4. The third-order valence-corrected chi connectivity index (χ3v) is 6.43. The van der Waals surface area contributed by atoms with E-state index in [1.165, 1.54) is 0 Å². The van der Waals surface area contributed by atoms with E-state index < -0.39 is 0 Å². The fraction of sp³-hybridized carbons (Fsp3) is 0.276. The van der Waals surface area contributed by atoms with Gasteiger partial charge in [-0.3, -0.25) is 0 Å². The molecule has 1 aliphatic carbocycles. The lowest BCUT2D eigenvalue weighted by atomic mass is 10.1. The highest BCUT2D eigenvalue weighted by Crippen LogP contribution is 2.46. The first-order valence-corrected chi connectivity index (χ1v) is 12.1. The maximum Gasteiger partial charge on any atom is 0.165 e. The van der Waals surface area contributed by atoms with Crippen molar-refractivity contribution in [1.29, 1.82) is 0 Å². The number of hydrogen-bond donors (Lipinski definition) is 1. The number of aromatic amines is 1. The van der Waals surface area contributed by atoms with Gasteiger partial charge in [0.1, 0.15) is 29.6 Å². The number of nitrogens with zero attached hydrogens (tertiary/aromatic N) is 2. The lowest BCUT2D eigenvalue weighted by molar-refractivity contribution is 0.261. The Kier molecular flexibility index (Phi) is 7.02. The molecular formula is C29H31N3O6. The molecule has 5 rings (SSSR count). The van der Waals surface area contributed by atoms with E-state index in [1.807, 2.05) is 44.4 Å². The Balaban J connectivity index is 1.63. The van der Waals surface area contributed by atoms with E-state index in [9.17, 15) is 0 Å². The molecule has 0 aliphatic heterocycles. The zero-order valence-electron chi connectivity index (χ0n) is 22.4. The Hall–Kier alpha value is -4.37. The maximum absolute atomic E-state index is 6.03. The van der Waals surface area contributed by atoms with Crippen LogP contribution in [0.2, 0.25) is 0 Å². The van der Waals surface area contributed by atoms with Crippen molar-refractivity contribution in [2.45, 2.75) is 0 Å². The van der Waals surface area contributed by atoms with Gasteiger partial charge in [0.2, 0.25) is 0 Å². The molecule has 1 aromatic heterocycles. The Morgan fingerprint density at radius 3 is 2.03 bits per heavy atom. The van der Waals surface area contributed by atoms with E-state index in [-0.39, 0.29) is 0 Å². The highest BCUT2D eigenvalue weighted by Gasteiger charge is 2.32. The van der Waals surface area contributed by atoms with Gasteiger partial charge in [-0.1, -0.05) is 5.16 Å². The predicted molar refractivity (Wildman–Crippen MR) is 147 cm³/mol. The Labute approximate surface area is 221 Å². The minimum Gasteiger partial charge on any atom is -0.496 e. The Morgan fingerprint density at radius 2 is 1.39 bits per heavy atom. The van der Waals surface area contributed by atoms with E-state index >= 15 is 0 Å². The van der Waals surface area contributed by atoms with Crippen molar-refractivity contribution < 1.29 is 28.5 Å². The van der Waals surface area contributed by atoms with Gasteiger partial charge >= 0.3 is 0 Å². The normalized spacial score (nSPS) is 13.0. The second-order valence-corrected chi connectivity index (χ2v) is 9.07. The molecule has 1 aliphatic rings. The number of benzene rings is 3. The topological polar surface area (TPSA) is 86.8 Å². The van der Waals surface area contributed by atoms with Crippen molar-refractivity contribution in [3.63, 3.8) is 0 Å². The molecule has 0 atom stereocenters. The van der Waals surface area contributed by atoms with Crippen molar-refractivity contribution in [2.75, 3.05) is 55.7 Å². The van der Waals surface area contributed by atoms with Gasteiger partial charge in [-0.05, 0) is 44.4 Å². The molecule has 0 bridgehead atoms. The van der Waals surface area contributed by atoms with Crippen LogP contribution in [0.25, 0.3) is 22.2 Å². The van der Waals surface area contributed by atoms with E-state index in [0.29, 0.717) is 41.1 Å². The Morgan fingerprint density at radius 1 is 0.737 bits per heavy atom. The molecule has 0 amide bonds. The molecular weight excluding hydrogens is 486 g/mol. The van der Waals surface area contributed by atoms with Crippen LogP contribution in [0, 0.1) is 0 Å². The maximum atomic E-state index is 6.03. The number of likely N-dealkylation sites (N-methyl/N-ethyl adjacent to an activating group) is 1. The first kappa shape index (κ1) is 25.3. The molecule has 0 radical (unpaired) electrons. The highest BCUT2D eigenvalue weighted by atomic mass is 16.6. The average molecular weight is 518 g/mol. The number of hydrogen-bond acceptors (Lipinski definition) is 8. The Bertz CT molecular complexity index is 1490. The molecule has 9 nitrogen and oxygen atoms in total. The van der Waals surface area contributed by atoms with Gasteiger partial charge in [0.25, 0.3) is 0 Å². The number of fused-ring (bicyclic) bond motifs is 5. The minimum atomic E-state index is 0.483. The van der Waals surface area contributed by atoms with Crippen LogP contribution in [0.1, 0.15) is 11.1 Å². The van der Waals surface area contributed by atoms with Crippen LogP contribution in [0.3, 0.4) is 0 Å². The molecule has 198 valence electrons. The molecule has 1 heterocycles. The number of ether oxygens (including phenoxy) is 5. The van der Waals surface area contributed by atoms with Gasteiger partial charge in [0.05, 0.1) is 34.1 Å². The zero-order chi connectivity index (χ0) is 26.8. The molecule has 38 heavy (non-hydrogen) atoms. The van der Waals surface area contributed by atoms with E-state index in [2.05, 4.69) is 15.0 Å². The first-order valence-electron chi connectivity index (χ1n) is 12.1. The van der Waals surface area contributed by atoms with Crippen molar-refractivity contribution in [2.24, 2.45) is 5.16 Å². The average Bonchev–Trinajstić information content (AvgIpc) is 3.44. The smallest absolute Gasteiger partial charge is 0.165 e. The number of rotatable bonds is 10. The van der Waals surface area contributed by atoms with Crippen LogP contribution >= 0.6 is 0 Å². The number of H-pyrrole nitrogens is 1. The molecule has 1 N–H and O–H groups in total. The summed E-state index contributed by atoms with van der Waals surface area (Å²) in [4.78, 5) is 11.6. The predicted octanol–water partition coefficient (Wildman–Crippen LogP) is 4.95. The van der Waals surface area contributed by atoms with Crippen molar-refractivity contribution in [1.82, 2.24) is 9.88 Å². The quantitative estimate of drug-likeness (QED) is 0.262. The SMILES string of the molecule is COc1cc(OC)cc(O/N=C2/c3cc(OC)c(OC)cc3-c3[nH]c4ccc(OCCN(C)C)cc4c32)c1. The van der Waals surface area contributed by atoms with Crippen molar-refractivity contribution in [3.05, 3.63) is 59.7 Å². The standard InChI is InChI=1S/C29H31N3O6/c1-32(2)9-10-37-17-7-8-24-23(14-17)27-28(30-24)21-15-25(35-5)26(36-6)16-22(21)29(27)31-38-20-12-18(33-3)11-19(13-20)34-4/h7-8,11-16,30H,9-10H2,1-6H3/b31-29-. The van der Waals surface area contributed by atoms with Crippen molar-refractivity contribution in [3.8, 4) is 45.8 Å². The molecule has 4 aromatic rings. The summed E-state index contributed by atoms with van der Waals surface area (Å²) in [5.41, 5.74) is 5.26. The monoisotopic (exact) mass is 517 g/mol. The van der Waals surface area contributed by atoms with E-state index in [0.717, 1.165) is 45.6 Å². The fourth-order valence-corrected chi connectivity index (χ4v) is 4.50. The van der Waals surface area contributed by atoms with Gasteiger partial charge in [-0.15, -0.1) is 0 Å². The minimum absolute atomic E-state index is 0.483. The summed E-state index contributed by atoms with van der Waals surface area (Å²) < 4.78 is 28.0. The number of oxime groups is 1. The number of aromatic nitrogens is 1. The number of nitrogens with one attached hydrogen (secondary N) is 1. The van der Waals surface area contributed by atoms with Crippen LogP contribution < -0.4 is 28.5 Å². The highest BCUT2D eigenvalue weighted by molar-refractivity contribution is 6.30. The second-order valence-electron chi connectivity index (χ2n) is 9.07. The summed E-state index contributed by atoms with van der Waals surface area (Å²) in [5.74, 6) is 3.70. The third-order valence-electron chi connectivity index (χ3n) is 6.43. The summed E-state index contributed by atoms with van der Waals surface area (Å²) in [6.07, 6.45) is 0. The van der Waals surface area contributed by atoms with Crippen LogP contribution in [0.4, 0.5) is 0 Å². The molecule has 9 heteroatoms. The number of methoxy groups -OCH3 is 4. The molecule has 0 spiro atoms. The van der Waals surface area contributed by atoms with E-state index in [4.69, 9.17) is 28.5 Å². The van der Waals surface area contributed by atoms with Gasteiger partial charge in [-0.2, -0.15) is 0 Å². The molecule has 0 unspecified atom stereocenters. The van der Waals surface area contributed by atoms with Crippen LogP contribution in [0.5, 0.6) is 34.5 Å². The van der Waals surface area contributed by atoms with Crippen molar-refractivity contribution >= 4 is 16.6 Å². The van der Waals surface area contributed by atoms with Gasteiger partial charge in [-0.25, -0.2) is 0 Å². The molecule has 0 saturated carbocycles. The summed E-state index contributed by atoms with van der Waals surface area (Å²) in [7, 11) is 10.5. The van der Waals surface area contributed by atoms with Crippen LogP contribution in [-0.4, -0.2) is 71.3 Å². The third kappa shape index (κ3) is 4.68. The summed E-state index contributed by atoms with van der Waals surface area (Å²) in [5, 5.41) is 5.61. The second kappa shape index (κ2) is 10.5. The molecule has 3 aromatic carbocycles. The van der Waals surface area contributed by atoms with Gasteiger partial charge < -0.3 is 38.4 Å². The summed E-state index contributed by atoms with van der Waals surface area (Å²) >= 11 is 0. The van der Waals surface area contributed by atoms with Gasteiger partial charge in [0, 0.05) is 52.3 Å². The molecule has 0 saturated heterocycles.